The van der Waals surface area contributed by atoms with Gasteiger partial charge in [0.1, 0.15) is 5.69 Å². The van der Waals surface area contributed by atoms with Crippen LogP contribution in [0.4, 0.5) is 43.7 Å². The number of para-hydroxylation sites is 1. The number of nitrogens with zero attached hydrogens (tertiary/aromatic N) is 3. The van der Waals surface area contributed by atoms with E-state index in [9.17, 15) is 31.1 Å². The fraction of sp³-hybridized carbons (Fsp3) is 0.304. The summed E-state index contributed by atoms with van der Waals surface area (Å²) in [6, 6.07) is 8.65. The number of aromatic nitrogens is 3. The Hall–Kier alpha value is -3.70. The van der Waals surface area contributed by atoms with Crippen molar-refractivity contribution in [3.63, 3.8) is 0 Å². The molecule has 1 aliphatic rings. The fourth-order valence-electron chi connectivity index (χ4n) is 3.36. The lowest BCUT2D eigenvalue weighted by Gasteiger charge is -2.15. The molecule has 0 saturated heterocycles. The van der Waals surface area contributed by atoms with Crippen LogP contribution in [0.3, 0.4) is 0 Å². The molecule has 1 saturated carbocycles. The Balaban J connectivity index is 1.54. The van der Waals surface area contributed by atoms with Crippen LogP contribution in [0.25, 0.3) is 0 Å². The molecule has 0 spiro atoms. The van der Waals surface area contributed by atoms with Gasteiger partial charge in [0.05, 0.1) is 23.1 Å². The number of carbonyl (C=O) groups is 1. The zero-order valence-electron chi connectivity index (χ0n) is 18.0. The van der Waals surface area contributed by atoms with Gasteiger partial charge in [-0.05, 0) is 49.4 Å². The van der Waals surface area contributed by atoms with Crippen molar-refractivity contribution in [2.75, 3.05) is 10.6 Å². The number of anilines is 3. The molecule has 35 heavy (non-hydrogen) atoms. The number of pyridine rings is 1. The van der Waals surface area contributed by atoms with Crippen LogP contribution in [0.2, 0.25) is 0 Å². The van der Waals surface area contributed by atoms with Crippen LogP contribution in [-0.2, 0) is 30.0 Å². The van der Waals surface area contributed by atoms with E-state index in [0.29, 0.717) is 17.4 Å². The number of carbonyl (C=O) groups excluding carboxylic acids is 1. The van der Waals surface area contributed by atoms with Crippen molar-refractivity contribution in [2.24, 2.45) is 5.92 Å². The maximum absolute atomic E-state index is 13.6. The van der Waals surface area contributed by atoms with Gasteiger partial charge < -0.3 is 10.6 Å². The Morgan fingerprint density at radius 1 is 0.914 bits per heavy atom. The molecule has 1 aromatic carbocycles. The Morgan fingerprint density at radius 3 is 2.29 bits per heavy atom. The summed E-state index contributed by atoms with van der Waals surface area (Å²) in [6.45, 7) is 0. The van der Waals surface area contributed by atoms with E-state index in [2.05, 4.69) is 25.6 Å². The molecule has 3 aromatic rings. The molecule has 0 radical (unpaired) electrons. The van der Waals surface area contributed by atoms with Crippen molar-refractivity contribution < 1.29 is 31.1 Å². The predicted molar refractivity (Wildman–Crippen MR) is 115 cm³/mol. The minimum Gasteiger partial charge on any atom is -0.326 e. The first-order valence-corrected chi connectivity index (χ1v) is 10.6. The van der Waals surface area contributed by atoms with E-state index in [0.717, 1.165) is 31.2 Å². The largest absolute Gasteiger partial charge is 0.433 e. The van der Waals surface area contributed by atoms with Crippen molar-refractivity contribution >= 4 is 23.2 Å². The predicted octanol–water partition coefficient (Wildman–Crippen LogP) is 5.79. The molecule has 0 atom stereocenters. The van der Waals surface area contributed by atoms with Crippen LogP contribution in [0.5, 0.6) is 0 Å². The summed E-state index contributed by atoms with van der Waals surface area (Å²) in [5.74, 6) is -0.368. The lowest BCUT2D eigenvalue weighted by atomic mass is 10.0. The van der Waals surface area contributed by atoms with Crippen molar-refractivity contribution in [3.05, 3.63) is 71.3 Å². The Bertz CT molecular complexity index is 1210. The third-order valence-corrected chi connectivity index (χ3v) is 5.34. The van der Waals surface area contributed by atoms with E-state index in [1.54, 1.807) is 24.3 Å². The van der Waals surface area contributed by atoms with Gasteiger partial charge in [0, 0.05) is 17.8 Å². The van der Waals surface area contributed by atoms with Crippen LogP contribution in [0, 0.1) is 5.92 Å². The molecular weight excluding hydrogens is 476 g/mol. The average molecular weight is 495 g/mol. The molecule has 0 aliphatic heterocycles. The first-order chi connectivity index (χ1) is 16.5. The van der Waals surface area contributed by atoms with Crippen LogP contribution >= 0.6 is 0 Å². The molecule has 184 valence electrons. The van der Waals surface area contributed by atoms with Gasteiger partial charge in [0.2, 0.25) is 11.9 Å². The van der Waals surface area contributed by atoms with E-state index in [1.807, 2.05) is 0 Å². The number of hydrogen-bond acceptors (Lipinski definition) is 5. The Morgan fingerprint density at radius 2 is 1.66 bits per heavy atom. The first-order valence-electron chi connectivity index (χ1n) is 10.6. The summed E-state index contributed by atoms with van der Waals surface area (Å²) < 4.78 is 78.7. The molecule has 2 N–H and O–H groups in total. The van der Waals surface area contributed by atoms with Crippen molar-refractivity contribution in [2.45, 2.75) is 38.0 Å². The van der Waals surface area contributed by atoms with Crippen LogP contribution < -0.4 is 10.6 Å². The van der Waals surface area contributed by atoms with Gasteiger partial charge in [0.25, 0.3) is 0 Å². The number of alkyl halides is 6. The number of aryl methyl sites for hydroxylation is 2. The zero-order chi connectivity index (χ0) is 25.2. The zero-order valence-corrected chi connectivity index (χ0v) is 18.0. The highest BCUT2D eigenvalue weighted by molar-refractivity contribution is 5.94. The van der Waals surface area contributed by atoms with Gasteiger partial charge in [-0.2, -0.15) is 26.3 Å². The average Bonchev–Trinajstić information content (AvgIpc) is 3.63. The number of rotatable bonds is 7. The summed E-state index contributed by atoms with van der Waals surface area (Å²) in [7, 11) is 0. The number of amides is 1. The number of benzene rings is 1. The highest BCUT2D eigenvalue weighted by Crippen LogP contribution is 2.34. The quantitative estimate of drug-likeness (QED) is 0.406. The third-order valence-electron chi connectivity index (χ3n) is 5.34. The molecule has 1 amide bonds. The van der Waals surface area contributed by atoms with Gasteiger partial charge in [0.15, 0.2) is 0 Å². The second-order valence-electron chi connectivity index (χ2n) is 8.03. The molecule has 2 aromatic heterocycles. The lowest BCUT2D eigenvalue weighted by Crippen LogP contribution is -2.16. The van der Waals surface area contributed by atoms with Gasteiger partial charge in [-0.3, -0.25) is 4.79 Å². The maximum Gasteiger partial charge on any atom is 0.433 e. The van der Waals surface area contributed by atoms with Crippen LogP contribution in [0.15, 0.2) is 48.8 Å². The van der Waals surface area contributed by atoms with Crippen molar-refractivity contribution in [1.82, 2.24) is 15.0 Å². The number of nitrogens with one attached hydrogen (secondary N) is 2. The van der Waals surface area contributed by atoms with E-state index in [-0.39, 0.29) is 42.0 Å². The lowest BCUT2D eigenvalue weighted by molar-refractivity contribution is -0.141. The number of halogens is 6. The smallest absolute Gasteiger partial charge is 0.326 e. The van der Waals surface area contributed by atoms with E-state index >= 15 is 0 Å². The fourth-order valence-corrected chi connectivity index (χ4v) is 3.36. The molecule has 4 rings (SSSR count). The third kappa shape index (κ3) is 6.25. The second kappa shape index (κ2) is 9.51. The normalized spacial score (nSPS) is 14.0. The summed E-state index contributed by atoms with van der Waals surface area (Å²) in [5.41, 5.74) is -1.16. The Kier molecular flexibility index (Phi) is 6.64. The molecule has 12 heteroatoms. The monoisotopic (exact) mass is 495 g/mol. The van der Waals surface area contributed by atoms with Crippen molar-refractivity contribution in [3.8, 4) is 0 Å². The van der Waals surface area contributed by atoms with Gasteiger partial charge in [-0.25, -0.2) is 15.0 Å². The van der Waals surface area contributed by atoms with Gasteiger partial charge in [-0.1, -0.05) is 18.2 Å². The molecule has 1 fully saturated rings. The standard InChI is InChI=1S/C23H19F6N5O/c24-22(25,26)16-12-31-21(32-15-8-10-19(30-11-15)23(27,28)29)34-18(16)9-7-13-3-1-2-4-17(13)33-20(35)14-5-6-14/h1-4,8,10-12,14H,5-7,9H2,(H,33,35)(H,31,32,34). The van der Waals surface area contributed by atoms with Gasteiger partial charge in [-0.15, -0.1) is 0 Å². The van der Waals surface area contributed by atoms with Crippen LogP contribution in [0.1, 0.15) is 35.4 Å². The summed E-state index contributed by atoms with van der Waals surface area (Å²) in [4.78, 5) is 23.0. The van der Waals surface area contributed by atoms with E-state index < -0.39 is 23.6 Å². The molecule has 0 unspecified atom stereocenters. The highest BCUT2D eigenvalue weighted by Gasteiger charge is 2.35. The topological polar surface area (TPSA) is 79.8 Å². The summed E-state index contributed by atoms with van der Waals surface area (Å²) >= 11 is 0. The Labute approximate surface area is 195 Å². The number of hydrogen-bond donors (Lipinski definition) is 2. The van der Waals surface area contributed by atoms with Crippen molar-refractivity contribution in [1.29, 1.82) is 0 Å². The van der Waals surface area contributed by atoms with Gasteiger partial charge >= 0.3 is 12.4 Å². The molecule has 2 heterocycles. The minimum atomic E-state index is -4.70. The molecule has 0 bridgehead atoms. The highest BCUT2D eigenvalue weighted by atomic mass is 19.4. The summed E-state index contributed by atoms with van der Waals surface area (Å²) in [5, 5.41) is 5.40. The minimum absolute atomic E-state index is 0.0323. The maximum atomic E-state index is 13.6. The first kappa shape index (κ1) is 24.4. The summed E-state index contributed by atoms with van der Waals surface area (Å²) in [6.07, 6.45) is -6.14. The SMILES string of the molecule is O=C(Nc1ccccc1CCc1nc(Nc2ccc(C(F)(F)F)nc2)ncc1C(F)(F)F)C1CC1. The molecule has 1 aliphatic carbocycles. The molecule has 6 nitrogen and oxygen atoms in total. The second-order valence-corrected chi connectivity index (χ2v) is 8.03. The molecular formula is C23H19F6N5O. The van der Waals surface area contributed by atoms with E-state index in [4.69, 9.17) is 0 Å². The van der Waals surface area contributed by atoms with Crippen LogP contribution in [-0.4, -0.2) is 20.9 Å². The van der Waals surface area contributed by atoms with E-state index in [1.165, 1.54) is 0 Å².